The standard InChI is InChI=1S/C23H28N6O/c1-26-17-18(19-6-2-3-7-20(19)26)16-22(30)28-14-12-27(13-15-28)21-8-9-24-23(25-21)29-10-4-5-11-29/h2-3,6-9,17H,4-5,10-16H2,1H3. The molecule has 0 N–H and O–H groups in total. The van der Waals surface area contributed by atoms with Crippen LogP contribution in [0, 0.1) is 0 Å². The summed E-state index contributed by atoms with van der Waals surface area (Å²) in [7, 11) is 2.03. The number of benzene rings is 1. The van der Waals surface area contributed by atoms with Crippen LogP contribution in [0.2, 0.25) is 0 Å². The lowest BCUT2D eigenvalue weighted by Gasteiger charge is -2.35. The van der Waals surface area contributed by atoms with Crippen LogP contribution in [0.3, 0.4) is 0 Å². The van der Waals surface area contributed by atoms with Crippen molar-refractivity contribution in [2.45, 2.75) is 19.3 Å². The average molecular weight is 405 g/mol. The predicted octanol–water partition coefficient (Wildman–Crippen LogP) is 2.46. The van der Waals surface area contributed by atoms with Gasteiger partial charge in [-0.1, -0.05) is 18.2 Å². The van der Waals surface area contributed by atoms with Gasteiger partial charge >= 0.3 is 0 Å². The van der Waals surface area contributed by atoms with Crippen LogP contribution in [0.15, 0.2) is 42.7 Å². The number of carbonyl (C=O) groups is 1. The van der Waals surface area contributed by atoms with Crippen molar-refractivity contribution < 1.29 is 4.79 Å². The molecule has 5 rings (SSSR count). The Morgan fingerprint density at radius 2 is 1.73 bits per heavy atom. The van der Waals surface area contributed by atoms with Crippen LogP contribution in [-0.2, 0) is 18.3 Å². The highest BCUT2D eigenvalue weighted by atomic mass is 16.2. The van der Waals surface area contributed by atoms with E-state index in [9.17, 15) is 4.79 Å². The number of amides is 1. The normalized spacial score (nSPS) is 17.2. The van der Waals surface area contributed by atoms with Crippen molar-refractivity contribution in [2.75, 3.05) is 49.1 Å². The SMILES string of the molecule is Cn1cc(CC(=O)N2CCN(c3ccnc(N4CCCC4)n3)CC2)c2ccccc21. The van der Waals surface area contributed by atoms with Crippen molar-refractivity contribution >= 4 is 28.6 Å². The zero-order chi connectivity index (χ0) is 20.5. The molecular formula is C23H28N6O. The number of piperazine rings is 1. The van der Waals surface area contributed by atoms with E-state index in [-0.39, 0.29) is 5.91 Å². The third kappa shape index (κ3) is 3.60. The molecule has 0 bridgehead atoms. The Morgan fingerprint density at radius 3 is 2.53 bits per heavy atom. The highest BCUT2D eigenvalue weighted by Gasteiger charge is 2.24. The predicted molar refractivity (Wildman–Crippen MR) is 119 cm³/mol. The molecule has 2 aliphatic rings. The molecule has 7 heteroatoms. The van der Waals surface area contributed by atoms with Crippen LogP contribution < -0.4 is 9.80 Å². The number of rotatable bonds is 4. The van der Waals surface area contributed by atoms with Gasteiger partial charge in [0.05, 0.1) is 6.42 Å². The number of hydrogen-bond acceptors (Lipinski definition) is 5. The fourth-order valence-electron chi connectivity index (χ4n) is 4.61. The molecule has 2 aliphatic heterocycles. The summed E-state index contributed by atoms with van der Waals surface area (Å²) in [4.78, 5) is 28.7. The van der Waals surface area contributed by atoms with Crippen LogP contribution >= 0.6 is 0 Å². The zero-order valence-corrected chi connectivity index (χ0v) is 17.5. The summed E-state index contributed by atoms with van der Waals surface area (Å²) >= 11 is 0. The van der Waals surface area contributed by atoms with Gasteiger partial charge in [-0.15, -0.1) is 0 Å². The maximum absolute atomic E-state index is 13.0. The molecule has 4 heterocycles. The van der Waals surface area contributed by atoms with Gasteiger partial charge in [-0.25, -0.2) is 4.98 Å². The molecule has 2 saturated heterocycles. The van der Waals surface area contributed by atoms with Crippen molar-refractivity contribution in [3.8, 4) is 0 Å². The molecule has 30 heavy (non-hydrogen) atoms. The topological polar surface area (TPSA) is 57.5 Å². The molecule has 1 aromatic carbocycles. The first-order chi connectivity index (χ1) is 14.7. The molecular weight excluding hydrogens is 376 g/mol. The van der Waals surface area contributed by atoms with E-state index >= 15 is 0 Å². The fraction of sp³-hybridized carbons (Fsp3) is 0.435. The van der Waals surface area contributed by atoms with Gasteiger partial charge < -0.3 is 19.3 Å². The van der Waals surface area contributed by atoms with Crippen LogP contribution in [0.1, 0.15) is 18.4 Å². The molecule has 2 fully saturated rings. The zero-order valence-electron chi connectivity index (χ0n) is 17.5. The van der Waals surface area contributed by atoms with Crippen LogP contribution in [-0.4, -0.2) is 64.6 Å². The first kappa shape index (κ1) is 18.9. The maximum atomic E-state index is 13.0. The third-order valence-electron chi connectivity index (χ3n) is 6.29. The Morgan fingerprint density at radius 1 is 0.967 bits per heavy atom. The van der Waals surface area contributed by atoms with Gasteiger partial charge in [0.2, 0.25) is 11.9 Å². The molecule has 0 spiro atoms. The van der Waals surface area contributed by atoms with Crippen molar-refractivity contribution in [1.29, 1.82) is 0 Å². The highest BCUT2D eigenvalue weighted by molar-refractivity contribution is 5.89. The Hall–Kier alpha value is -3.09. The van der Waals surface area contributed by atoms with E-state index < -0.39 is 0 Å². The summed E-state index contributed by atoms with van der Waals surface area (Å²) in [5.74, 6) is 2.00. The Bertz CT molecular complexity index is 1050. The highest BCUT2D eigenvalue weighted by Crippen LogP contribution is 2.23. The molecule has 1 amide bonds. The molecule has 0 saturated carbocycles. The minimum absolute atomic E-state index is 0.200. The first-order valence-corrected chi connectivity index (χ1v) is 10.8. The number of aromatic nitrogens is 3. The fourth-order valence-corrected chi connectivity index (χ4v) is 4.61. The monoisotopic (exact) mass is 404 g/mol. The largest absolute Gasteiger partial charge is 0.353 e. The number of aryl methyl sites for hydroxylation is 1. The summed E-state index contributed by atoms with van der Waals surface area (Å²) < 4.78 is 2.10. The van der Waals surface area contributed by atoms with Gasteiger partial charge in [0.25, 0.3) is 0 Å². The van der Waals surface area contributed by atoms with Crippen LogP contribution in [0.25, 0.3) is 10.9 Å². The van der Waals surface area contributed by atoms with Crippen LogP contribution in [0.5, 0.6) is 0 Å². The second-order valence-electron chi connectivity index (χ2n) is 8.24. The molecule has 2 aromatic heterocycles. The average Bonchev–Trinajstić information content (AvgIpc) is 3.43. The molecule has 7 nitrogen and oxygen atoms in total. The number of para-hydroxylation sites is 1. The van der Waals surface area contributed by atoms with E-state index in [0.717, 1.165) is 56.6 Å². The van der Waals surface area contributed by atoms with Gasteiger partial charge in [0, 0.05) is 69.6 Å². The molecule has 0 radical (unpaired) electrons. The summed E-state index contributed by atoms with van der Waals surface area (Å²) in [6, 6.07) is 10.2. The van der Waals surface area contributed by atoms with Crippen molar-refractivity contribution in [3.05, 3.63) is 48.3 Å². The lowest BCUT2D eigenvalue weighted by atomic mass is 10.1. The van der Waals surface area contributed by atoms with E-state index in [1.807, 2.05) is 36.3 Å². The summed E-state index contributed by atoms with van der Waals surface area (Å²) in [6.07, 6.45) is 6.82. The van der Waals surface area contributed by atoms with Gasteiger partial charge in [-0.3, -0.25) is 4.79 Å². The first-order valence-electron chi connectivity index (χ1n) is 10.8. The second-order valence-corrected chi connectivity index (χ2v) is 8.24. The van der Waals surface area contributed by atoms with Crippen molar-refractivity contribution in [3.63, 3.8) is 0 Å². The molecule has 156 valence electrons. The Balaban J connectivity index is 1.22. The van der Waals surface area contributed by atoms with Gasteiger partial charge in [0.1, 0.15) is 5.82 Å². The van der Waals surface area contributed by atoms with Crippen molar-refractivity contribution in [1.82, 2.24) is 19.4 Å². The number of hydrogen-bond donors (Lipinski definition) is 0. The molecule has 0 atom stereocenters. The smallest absolute Gasteiger partial charge is 0.227 e. The van der Waals surface area contributed by atoms with Crippen LogP contribution in [0.4, 0.5) is 11.8 Å². The lowest BCUT2D eigenvalue weighted by molar-refractivity contribution is -0.130. The van der Waals surface area contributed by atoms with E-state index in [4.69, 9.17) is 4.98 Å². The van der Waals surface area contributed by atoms with E-state index in [1.54, 1.807) is 0 Å². The Labute approximate surface area is 176 Å². The summed E-state index contributed by atoms with van der Waals surface area (Å²) in [5, 5.41) is 1.17. The van der Waals surface area contributed by atoms with E-state index in [0.29, 0.717) is 6.42 Å². The molecule has 0 unspecified atom stereocenters. The lowest BCUT2D eigenvalue weighted by Crippen LogP contribution is -2.49. The quantitative estimate of drug-likeness (QED) is 0.669. The summed E-state index contributed by atoms with van der Waals surface area (Å²) in [5.41, 5.74) is 2.27. The van der Waals surface area contributed by atoms with Crippen molar-refractivity contribution in [2.24, 2.45) is 7.05 Å². The minimum atomic E-state index is 0.200. The number of carbonyl (C=O) groups excluding carboxylic acids is 1. The van der Waals surface area contributed by atoms with Gasteiger partial charge in [-0.05, 0) is 30.5 Å². The number of nitrogens with zero attached hydrogens (tertiary/aromatic N) is 6. The molecule has 3 aromatic rings. The number of fused-ring (bicyclic) bond motifs is 1. The van der Waals surface area contributed by atoms with E-state index in [2.05, 4.69) is 37.7 Å². The molecule has 0 aliphatic carbocycles. The summed E-state index contributed by atoms with van der Waals surface area (Å²) in [6.45, 7) is 5.15. The van der Waals surface area contributed by atoms with Gasteiger partial charge in [0.15, 0.2) is 0 Å². The van der Waals surface area contributed by atoms with Gasteiger partial charge in [-0.2, -0.15) is 4.98 Å². The van der Waals surface area contributed by atoms with E-state index in [1.165, 1.54) is 23.7 Å². The second kappa shape index (κ2) is 7.97. The minimum Gasteiger partial charge on any atom is -0.353 e. The Kier molecular flexibility index (Phi) is 5.02. The number of anilines is 2. The third-order valence-corrected chi connectivity index (χ3v) is 6.29. The maximum Gasteiger partial charge on any atom is 0.227 e.